The SMILES string of the molecule is CCCCCCCCCCCCCCCCCO[C@@H](CO)[C@H]1OC[C@@H](O)[C@H]1O. The van der Waals surface area contributed by atoms with Crippen molar-refractivity contribution >= 4 is 0 Å². The van der Waals surface area contributed by atoms with Crippen LogP contribution in [0.1, 0.15) is 103 Å². The third kappa shape index (κ3) is 11.7. The van der Waals surface area contributed by atoms with Gasteiger partial charge >= 0.3 is 0 Å². The lowest BCUT2D eigenvalue weighted by molar-refractivity contribution is -0.101. The lowest BCUT2D eigenvalue weighted by atomic mass is 10.0. The molecule has 4 atom stereocenters. The Labute approximate surface area is 172 Å². The van der Waals surface area contributed by atoms with Crippen molar-refractivity contribution in [2.24, 2.45) is 0 Å². The fraction of sp³-hybridized carbons (Fsp3) is 1.00. The smallest absolute Gasteiger partial charge is 0.114 e. The topological polar surface area (TPSA) is 79.2 Å². The first-order valence-corrected chi connectivity index (χ1v) is 11.9. The van der Waals surface area contributed by atoms with Gasteiger partial charge in [0, 0.05) is 6.61 Å². The second-order valence-corrected chi connectivity index (χ2v) is 8.40. The minimum atomic E-state index is -0.974. The first-order valence-electron chi connectivity index (χ1n) is 11.9. The maximum absolute atomic E-state index is 9.83. The van der Waals surface area contributed by atoms with Crippen LogP contribution in [0.15, 0.2) is 0 Å². The van der Waals surface area contributed by atoms with Crippen LogP contribution < -0.4 is 0 Å². The number of hydrogen-bond donors (Lipinski definition) is 3. The van der Waals surface area contributed by atoms with E-state index in [-0.39, 0.29) is 13.2 Å². The molecule has 0 aromatic heterocycles. The summed E-state index contributed by atoms with van der Waals surface area (Å²) in [5.41, 5.74) is 0. The van der Waals surface area contributed by atoms with E-state index in [1.54, 1.807) is 0 Å². The Morgan fingerprint density at radius 2 is 1.25 bits per heavy atom. The number of aliphatic hydroxyl groups is 3. The van der Waals surface area contributed by atoms with Crippen molar-refractivity contribution in [1.82, 2.24) is 0 Å². The Balaban J connectivity index is 1.83. The predicted molar refractivity (Wildman–Crippen MR) is 114 cm³/mol. The molecule has 1 fully saturated rings. The minimum Gasteiger partial charge on any atom is -0.394 e. The summed E-state index contributed by atoms with van der Waals surface area (Å²) in [6.45, 7) is 2.73. The summed E-state index contributed by atoms with van der Waals surface area (Å²) in [5.74, 6) is 0. The largest absolute Gasteiger partial charge is 0.394 e. The third-order valence-corrected chi connectivity index (χ3v) is 5.82. The molecule has 0 unspecified atom stereocenters. The second-order valence-electron chi connectivity index (χ2n) is 8.40. The van der Waals surface area contributed by atoms with E-state index in [0.29, 0.717) is 6.61 Å². The number of rotatable bonds is 19. The van der Waals surface area contributed by atoms with E-state index in [2.05, 4.69) is 6.92 Å². The average Bonchev–Trinajstić information content (AvgIpc) is 3.03. The van der Waals surface area contributed by atoms with E-state index in [4.69, 9.17) is 9.47 Å². The van der Waals surface area contributed by atoms with Crippen LogP contribution in [-0.2, 0) is 9.47 Å². The summed E-state index contributed by atoms with van der Waals surface area (Å²) in [4.78, 5) is 0. The van der Waals surface area contributed by atoms with Crippen molar-refractivity contribution in [2.45, 2.75) is 128 Å². The molecule has 0 bridgehead atoms. The van der Waals surface area contributed by atoms with Crippen molar-refractivity contribution < 1.29 is 24.8 Å². The predicted octanol–water partition coefficient (Wildman–Crippen LogP) is 4.36. The molecule has 0 amide bonds. The van der Waals surface area contributed by atoms with Gasteiger partial charge in [-0.25, -0.2) is 0 Å². The van der Waals surface area contributed by atoms with Gasteiger partial charge in [-0.15, -0.1) is 0 Å². The Kier molecular flexibility index (Phi) is 16.3. The quantitative estimate of drug-likeness (QED) is 0.280. The fourth-order valence-corrected chi connectivity index (χ4v) is 3.91. The molecule has 0 radical (unpaired) electrons. The highest BCUT2D eigenvalue weighted by molar-refractivity contribution is 4.88. The van der Waals surface area contributed by atoms with E-state index in [1.165, 1.54) is 83.5 Å². The molecule has 0 saturated carbocycles. The van der Waals surface area contributed by atoms with Crippen molar-refractivity contribution in [1.29, 1.82) is 0 Å². The van der Waals surface area contributed by atoms with Crippen molar-refractivity contribution in [3.05, 3.63) is 0 Å². The van der Waals surface area contributed by atoms with Gasteiger partial charge in [0.15, 0.2) is 0 Å². The van der Waals surface area contributed by atoms with Crippen LogP contribution in [0.4, 0.5) is 0 Å². The van der Waals surface area contributed by atoms with Gasteiger partial charge in [0.1, 0.15) is 24.4 Å². The summed E-state index contributed by atoms with van der Waals surface area (Å²) in [6.07, 6.45) is 16.9. The number of hydrogen-bond acceptors (Lipinski definition) is 5. The van der Waals surface area contributed by atoms with Gasteiger partial charge in [0.2, 0.25) is 0 Å². The van der Waals surface area contributed by atoms with Gasteiger partial charge < -0.3 is 24.8 Å². The van der Waals surface area contributed by atoms with Crippen molar-refractivity contribution in [3.8, 4) is 0 Å². The number of aliphatic hydroxyl groups excluding tert-OH is 3. The van der Waals surface area contributed by atoms with E-state index in [1.807, 2.05) is 0 Å². The lowest BCUT2D eigenvalue weighted by Crippen LogP contribution is -2.42. The molecule has 1 saturated heterocycles. The van der Waals surface area contributed by atoms with Crippen LogP contribution in [0.2, 0.25) is 0 Å². The Morgan fingerprint density at radius 3 is 1.64 bits per heavy atom. The zero-order valence-corrected chi connectivity index (χ0v) is 18.2. The zero-order valence-electron chi connectivity index (χ0n) is 18.2. The van der Waals surface area contributed by atoms with Crippen LogP contribution >= 0.6 is 0 Å². The maximum Gasteiger partial charge on any atom is 0.114 e. The molecule has 28 heavy (non-hydrogen) atoms. The number of unbranched alkanes of at least 4 members (excludes halogenated alkanes) is 14. The Morgan fingerprint density at radius 1 is 0.786 bits per heavy atom. The van der Waals surface area contributed by atoms with E-state index in [9.17, 15) is 15.3 Å². The molecule has 1 heterocycles. The summed E-state index contributed by atoms with van der Waals surface area (Å²) >= 11 is 0. The molecule has 3 N–H and O–H groups in total. The standard InChI is InChI=1S/C23H46O5/c1-2-3-4-5-6-7-8-9-10-11-12-13-14-15-16-17-27-21(18-24)23-22(26)20(25)19-28-23/h20-26H,2-19H2,1H3/t20-,21+,22-,23-/m1/s1. The molecule has 1 aliphatic rings. The van der Waals surface area contributed by atoms with Gasteiger partial charge in [-0.3, -0.25) is 0 Å². The van der Waals surface area contributed by atoms with Gasteiger partial charge in [0.05, 0.1) is 13.2 Å². The second kappa shape index (κ2) is 17.6. The van der Waals surface area contributed by atoms with Crippen molar-refractivity contribution in [2.75, 3.05) is 19.8 Å². The molecular weight excluding hydrogens is 356 g/mol. The first-order chi connectivity index (χ1) is 13.7. The third-order valence-electron chi connectivity index (χ3n) is 5.82. The van der Waals surface area contributed by atoms with Gasteiger partial charge in [-0.2, -0.15) is 0 Å². The highest BCUT2D eigenvalue weighted by Gasteiger charge is 2.40. The molecular formula is C23H46O5. The maximum atomic E-state index is 9.83. The van der Waals surface area contributed by atoms with Crippen LogP contribution in [0.25, 0.3) is 0 Å². The monoisotopic (exact) mass is 402 g/mol. The van der Waals surface area contributed by atoms with Crippen LogP contribution in [0.3, 0.4) is 0 Å². The Bertz CT molecular complexity index is 339. The zero-order chi connectivity index (χ0) is 20.5. The van der Waals surface area contributed by atoms with Gasteiger partial charge in [-0.1, -0.05) is 96.8 Å². The lowest BCUT2D eigenvalue weighted by Gasteiger charge is -2.24. The highest BCUT2D eigenvalue weighted by atomic mass is 16.6. The van der Waals surface area contributed by atoms with E-state index in [0.717, 1.165) is 12.8 Å². The molecule has 1 rings (SSSR count). The minimum absolute atomic E-state index is 0.102. The van der Waals surface area contributed by atoms with Crippen molar-refractivity contribution in [3.63, 3.8) is 0 Å². The molecule has 0 spiro atoms. The molecule has 1 aliphatic heterocycles. The van der Waals surface area contributed by atoms with E-state index < -0.39 is 24.4 Å². The molecule has 0 aliphatic carbocycles. The summed E-state index contributed by atoms with van der Waals surface area (Å²) in [7, 11) is 0. The van der Waals surface area contributed by atoms with E-state index >= 15 is 0 Å². The summed E-state index contributed by atoms with van der Waals surface area (Å²) in [5, 5.41) is 28.8. The summed E-state index contributed by atoms with van der Waals surface area (Å²) < 4.78 is 11.0. The van der Waals surface area contributed by atoms with Crippen LogP contribution in [0, 0.1) is 0 Å². The first kappa shape index (κ1) is 25.8. The summed E-state index contributed by atoms with van der Waals surface area (Å²) in [6, 6.07) is 0. The fourth-order valence-electron chi connectivity index (χ4n) is 3.91. The Hall–Kier alpha value is -0.200. The molecule has 0 aromatic rings. The molecule has 168 valence electrons. The molecule has 0 aromatic carbocycles. The normalized spacial score (nSPS) is 23.4. The number of ether oxygens (including phenoxy) is 2. The highest BCUT2D eigenvalue weighted by Crippen LogP contribution is 2.20. The molecule has 5 nitrogen and oxygen atoms in total. The average molecular weight is 403 g/mol. The van der Waals surface area contributed by atoms with Crippen LogP contribution in [0.5, 0.6) is 0 Å². The van der Waals surface area contributed by atoms with Gasteiger partial charge in [-0.05, 0) is 6.42 Å². The van der Waals surface area contributed by atoms with Crippen LogP contribution in [-0.4, -0.2) is 59.6 Å². The molecule has 5 heteroatoms. The van der Waals surface area contributed by atoms with Gasteiger partial charge in [0.25, 0.3) is 0 Å².